The van der Waals surface area contributed by atoms with Gasteiger partial charge in [0.2, 0.25) is 0 Å². The zero-order valence-corrected chi connectivity index (χ0v) is 15.9. The van der Waals surface area contributed by atoms with E-state index in [0.29, 0.717) is 0 Å². The van der Waals surface area contributed by atoms with E-state index in [1.807, 2.05) is 0 Å². The van der Waals surface area contributed by atoms with Crippen molar-refractivity contribution in [3.63, 3.8) is 0 Å². The van der Waals surface area contributed by atoms with Crippen molar-refractivity contribution < 1.29 is 0 Å². The molecule has 0 aliphatic heterocycles. The maximum atomic E-state index is 4.72. The van der Waals surface area contributed by atoms with Gasteiger partial charge in [-0.1, -0.05) is 35.4 Å². The van der Waals surface area contributed by atoms with Gasteiger partial charge in [0.05, 0.1) is 22.8 Å². The molecule has 0 radical (unpaired) electrons. The summed E-state index contributed by atoms with van der Waals surface area (Å²) in [6.45, 7) is 8.29. The third-order valence-corrected chi connectivity index (χ3v) is 5.28. The van der Waals surface area contributed by atoms with Crippen LogP contribution < -0.4 is 0 Å². The Morgan fingerprint density at radius 1 is 0.600 bits per heavy atom. The van der Waals surface area contributed by atoms with Crippen molar-refractivity contribution >= 4 is 34.1 Å². The highest BCUT2D eigenvalue weighted by molar-refractivity contribution is 7.16. The van der Waals surface area contributed by atoms with Crippen LogP contribution in [0, 0.1) is 13.8 Å². The van der Waals surface area contributed by atoms with Crippen LogP contribution in [0.3, 0.4) is 0 Å². The highest BCUT2D eigenvalue weighted by Crippen LogP contribution is 2.23. The van der Waals surface area contributed by atoms with E-state index < -0.39 is 0 Å². The third-order valence-electron chi connectivity index (χ3n) is 3.98. The van der Waals surface area contributed by atoms with E-state index in [9.17, 15) is 0 Å². The van der Waals surface area contributed by atoms with E-state index in [-0.39, 0.29) is 0 Å². The number of thiophene rings is 1. The van der Waals surface area contributed by atoms with Crippen LogP contribution >= 0.6 is 11.3 Å². The molecule has 0 aliphatic rings. The van der Waals surface area contributed by atoms with Crippen LogP contribution in [0.5, 0.6) is 0 Å². The number of rotatable bonds is 4. The predicted molar refractivity (Wildman–Crippen MR) is 110 cm³/mol. The molecule has 0 atom stereocenters. The van der Waals surface area contributed by atoms with Crippen molar-refractivity contribution in [2.24, 2.45) is 9.98 Å². The smallest absolute Gasteiger partial charge is 0.0633 e. The zero-order valence-electron chi connectivity index (χ0n) is 15.1. The van der Waals surface area contributed by atoms with Crippen molar-refractivity contribution in [3.8, 4) is 0 Å². The fraction of sp³-hybridized carbons (Fsp3) is 0.182. The van der Waals surface area contributed by atoms with Crippen LogP contribution in [0.15, 0.2) is 70.6 Å². The summed E-state index contributed by atoms with van der Waals surface area (Å²) in [6, 6.07) is 20.8. The molecule has 2 nitrogen and oxygen atoms in total. The second-order valence-corrected chi connectivity index (χ2v) is 7.31. The molecule has 0 fully saturated rings. The summed E-state index contributed by atoms with van der Waals surface area (Å²) >= 11 is 1.73. The Hall–Kier alpha value is -2.52. The van der Waals surface area contributed by atoms with Crippen LogP contribution in [0.1, 0.15) is 34.7 Å². The molecule has 0 amide bonds. The van der Waals surface area contributed by atoms with E-state index in [1.165, 1.54) is 20.9 Å². The largest absolute Gasteiger partial charge is 0.252 e. The molecule has 0 N–H and O–H groups in total. The molecular formula is C22H22N2S. The Labute approximate surface area is 153 Å². The fourth-order valence-electron chi connectivity index (χ4n) is 2.46. The van der Waals surface area contributed by atoms with Gasteiger partial charge in [0.25, 0.3) is 0 Å². The molecular weight excluding hydrogens is 324 g/mol. The summed E-state index contributed by atoms with van der Waals surface area (Å²) in [7, 11) is 0. The Morgan fingerprint density at radius 2 is 0.960 bits per heavy atom. The lowest BCUT2D eigenvalue weighted by Gasteiger charge is -2.00. The fourth-order valence-corrected chi connectivity index (χ4v) is 3.36. The van der Waals surface area contributed by atoms with Gasteiger partial charge >= 0.3 is 0 Å². The van der Waals surface area contributed by atoms with Gasteiger partial charge in [0, 0.05) is 9.75 Å². The molecule has 0 aliphatic carbocycles. The van der Waals surface area contributed by atoms with E-state index >= 15 is 0 Å². The van der Waals surface area contributed by atoms with Crippen LogP contribution in [-0.2, 0) is 0 Å². The third kappa shape index (κ3) is 4.52. The average molecular weight is 346 g/mol. The van der Waals surface area contributed by atoms with Gasteiger partial charge in [-0.3, -0.25) is 9.98 Å². The minimum absolute atomic E-state index is 0.989. The normalized spacial score (nSPS) is 12.5. The lowest BCUT2D eigenvalue weighted by molar-refractivity contribution is 1.43. The number of hydrogen-bond acceptors (Lipinski definition) is 3. The second-order valence-electron chi connectivity index (χ2n) is 6.23. The number of hydrogen-bond donors (Lipinski definition) is 0. The molecule has 3 heteroatoms. The van der Waals surface area contributed by atoms with Crippen molar-refractivity contribution in [2.45, 2.75) is 27.7 Å². The molecule has 25 heavy (non-hydrogen) atoms. The van der Waals surface area contributed by atoms with Crippen LogP contribution in [0.25, 0.3) is 0 Å². The maximum absolute atomic E-state index is 4.72. The van der Waals surface area contributed by atoms with Crippen LogP contribution in [0.4, 0.5) is 11.4 Å². The molecule has 0 unspecified atom stereocenters. The summed E-state index contributed by atoms with van der Waals surface area (Å²) in [5.74, 6) is 0. The summed E-state index contributed by atoms with van der Waals surface area (Å²) in [6.07, 6.45) is 0. The Morgan fingerprint density at radius 3 is 1.32 bits per heavy atom. The Kier molecular flexibility index (Phi) is 5.25. The number of aryl methyl sites for hydroxylation is 2. The lowest BCUT2D eigenvalue weighted by atomic mass is 10.2. The van der Waals surface area contributed by atoms with Crippen molar-refractivity contribution in [3.05, 3.63) is 81.5 Å². The van der Waals surface area contributed by atoms with Gasteiger partial charge in [-0.15, -0.1) is 11.3 Å². The number of aliphatic imine (C=N–C) groups is 2. The van der Waals surface area contributed by atoms with Gasteiger partial charge < -0.3 is 0 Å². The highest BCUT2D eigenvalue weighted by atomic mass is 32.1. The van der Waals surface area contributed by atoms with Crippen LogP contribution in [-0.4, -0.2) is 11.4 Å². The average Bonchev–Trinajstić information content (AvgIpc) is 3.09. The molecule has 0 bridgehead atoms. The van der Waals surface area contributed by atoms with E-state index in [1.54, 1.807) is 11.3 Å². The lowest BCUT2D eigenvalue weighted by Crippen LogP contribution is -1.90. The van der Waals surface area contributed by atoms with E-state index in [0.717, 1.165) is 22.8 Å². The first kappa shape index (κ1) is 17.3. The van der Waals surface area contributed by atoms with Gasteiger partial charge in [-0.25, -0.2) is 0 Å². The summed E-state index contributed by atoms with van der Waals surface area (Å²) in [4.78, 5) is 11.8. The SMILES string of the molecule is CC(=Nc1ccc(C)cc1)c1ccc(C(C)=Nc2ccc(C)cc2)s1. The molecule has 3 aromatic rings. The first-order valence-corrected chi connectivity index (χ1v) is 9.17. The molecule has 3 rings (SSSR count). The Balaban J connectivity index is 1.81. The topological polar surface area (TPSA) is 24.7 Å². The first-order valence-electron chi connectivity index (χ1n) is 8.36. The zero-order chi connectivity index (χ0) is 17.8. The quantitative estimate of drug-likeness (QED) is 0.473. The first-order chi connectivity index (χ1) is 12.0. The highest BCUT2D eigenvalue weighted by Gasteiger charge is 2.06. The van der Waals surface area contributed by atoms with Crippen molar-refractivity contribution in [2.75, 3.05) is 0 Å². The van der Waals surface area contributed by atoms with Gasteiger partial charge in [-0.05, 0) is 64.1 Å². The molecule has 2 aromatic carbocycles. The standard InChI is InChI=1S/C22H22N2S/c1-15-5-9-19(10-6-15)23-17(3)21-13-14-22(25-21)18(4)24-20-11-7-16(2)8-12-20/h5-14H,1-4H3. The molecule has 1 heterocycles. The maximum Gasteiger partial charge on any atom is 0.0633 e. The summed E-state index contributed by atoms with van der Waals surface area (Å²) < 4.78 is 0. The van der Waals surface area contributed by atoms with E-state index in [4.69, 9.17) is 9.98 Å². The molecule has 126 valence electrons. The predicted octanol–water partition coefficient (Wildman–Crippen LogP) is 6.65. The molecule has 0 spiro atoms. The van der Waals surface area contributed by atoms with Gasteiger partial charge in [0.1, 0.15) is 0 Å². The van der Waals surface area contributed by atoms with Gasteiger partial charge in [-0.2, -0.15) is 0 Å². The second kappa shape index (κ2) is 7.58. The Bertz CT molecular complexity index is 837. The monoisotopic (exact) mass is 346 g/mol. The van der Waals surface area contributed by atoms with Crippen LogP contribution in [0.2, 0.25) is 0 Å². The van der Waals surface area contributed by atoms with Crippen molar-refractivity contribution in [1.29, 1.82) is 0 Å². The number of benzene rings is 2. The summed E-state index contributed by atoms with van der Waals surface area (Å²) in [5, 5.41) is 0. The summed E-state index contributed by atoms with van der Waals surface area (Å²) in [5.41, 5.74) is 6.54. The van der Waals surface area contributed by atoms with Crippen molar-refractivity contribution in [1.82, 2.24) is 0 Å². The van der Waals surface area contributed by atoms with Gasteiger partial charge in [0.15, 0.2) is 0 Å². The molecule has 0 saturated carbocycles. The minimum atomic E-state index is 0.989. The molecule has 0 saturated heterocycles. The number of nitrogens with zero attached hydrogens (tertiary/aromatic N) is 2. The molecule has 1 aromatic heterocycles. The minimum Gasteiger partial charge on any atom is -0.252 e. The van der Waals surface area contributed by atoms with E-state index in [2.05, 4.69) is 88.4 Å².